The number of likely N-dealkylation sites (tertiary alicyclic amines) is 1. The van der Waals surface area contributed by atoms with Gasteiger partial charge >= 0.3 is 6.09 Å². The molecule has 0 bridgehead atoms. The van der Waals surface area contributed by atoms with Crippen molar-refractivity contribution >= 4 is 17.9 Å². The normalized spacial score (nSPS) is 19.7. The van der Waals surface area contributed by atoms with E-state index in [2.05, 4.69) is 10.6 Å². The molecule has 7 nitrogen and oxygen atoms in total. The van der Waals surface area contributed by atoms with Crippen LogP contribution >= 0.6 is 0 Å². The molecule has 2 N–H and O–H groups in total. The van der Waals surface area contributed by atoms with Crippen LogP contribution < -0.4 is 10.6 Å². The average molecular weight is 367 g/mol. The third kappa shape index (κ3) is 6.84. The third-order valence-corrected chi connectivity index (χ3v) is 4.91. The Kier molecular flexibility index (Phi) is 7.29. The molecule has 0 unspecified atom stereocenters. The highest BCUT2D eigenvalue weighted by molar-refractivity contribution is 5.86. The van der Waals surface area contributed by atoms with E-state index in [0.29, 0.717) is 25.9 Å². The van der Waals surface area contributed by atoms with Crippen molar-refractivity contribution in [3.63, 3.8) is 0 Å². The summed E-state index contributed by atoms with van der Waals surface area (Å²) in [5, 5.41) is 5.74. The molecule has 1 heterocycles. The van der Waals surface area contributed by atoms with Crippen LogP contribution in [0.15, 0.2) is 0 Å². The van der Waals surface area contributed by atoms with Gasteiger partial charge in [-0.3, -0.25) is 9.59 Å². The molecule has 0 spiro atoms. The summed E-state index contributed by atoms with van der Waals surface area (Å²) in [6.45, 7) is 6.54. The minimum Gasteiger partial charge on any atom is -0.444 e. The smallest absolute Gasteiger partial charge is 0.410 e. The molecule has 2 aliphatic rings. The number of hydrogen-bond acceptors (Lipinski definition) is 4. The van der Waals surface area contributed by atoms with Crippen molar-refractivity contribution in [2.24, 2.45) is 5.92 Å². The Hall–Kier alpha value is -1.79. The van der Waals surface area contributed by atoms with Gasteiger partial charge in [0.1, 0.15) is 5.60 Å². The van der Waals surface area contributed by atoms with Gasteiger partial charge in [0.25, 0.3) is 0 Å². The number of ether oxygens (including phenoxy) is 1. The van der Waals surface area contributed by atoms with Crippen LogP contribution in [-0.4, -0.2) is 54.1 Å². The van der Waals surface area contributed by atoms with E-state index in [1.807, 2.05) is 20.8 Å². The van der Waals surface area contributed by atoms with E-state index < -0.39 is 5.60 Å². The minimum atomic E-state index is -0.517. The van der Waals surface area contributed by atoms with Gasteiger partial charge in [-0.2, -0.15) is 0 Å². The topological polar surface area (TPSA) is 87.7 Å². The summed E-state index contributed by atoms with van der Waals surface area (Å²) in [4.78, 5) is 37.9. The largest absolute Gasteiger partial charge is 0.444 e. The molecule has 0 aromatic carbocycles. The molecule has 1 aliphatic carbocycles. The molecule has 0 atom stereocenters. The summed E-state index contributed by atoms with van der Waals surface area (Å²) in [7, 11) is 0. The first-order valence-electron chi connectivity index (χ1n) is 9.79. The van der Waals surface area contributed by atoms with Gasteiger partial charge in [-0.25, -0.2) is 4.79 Å². The van der Waals surface area contributed by atoms with Crippen LogP contribution in [0.2, 0.25) is 0 Å². The summed E-state index contributed by atoms with van der Waals surface area (Å²) < 4.78 is 5.36. The van der Waals surface area contributed by atoms with Gasteiger partial charge < -0.3 is 20.3 Å². The first kappa shape index (κ1) is 20.5. The summed E-state index contributed by atoms with van der Waals surface area (Å²) >= 11 is 0. The minimum absolute atomic E-state index is 0.0294. The van der Waals surface area contributed by atoms with E-state index in [0.717, 1.165) is 25.7 Å². The second-order valence-corrected chi connectivity index (χ2v) is 8.36. The van der Waals surface area contributed by atoms with Crippen LogP contribution in [0.5, 0.6) is 0 Å². The van der Waals surface area contributed by atoms with Crippen LogP contribution in [0.25, 0.3) is 0 Å². The quantitative estimate of drug-likeness (QED) is 0.797. The fraction of sp³-hybridized carbons (Fsp3) is 0.842. The maximum Gasteiger partial charge on any atom is 0.410 e. The summed E-state index contributed by atoms with van der Waals surface area (Å²) in [6.07, 6.45) is 6.48. The van der Waals surface area contributed by atoms with Crippen LogP contribution in [-0.2, 0) is 14.3 Å². The van der Waals surface area contributed by atoms with Gasteiger partial charge in [-0.15, -0.1) is 0 Å². The predicted molar refractivity (Wildman–Crippen MR) is 98.6 cm³/mol. The fourth-order valence-electron chi connectivity index (χ4n) is 3.49. The highest BCUT2D eigenvalue weighted by Crippen LogP contribution is 2.20. The second-order valence-electron chi connectivity index (χ2n) is 8.36. The predicted octanol–water partition coefficient (Wildman–Crippen LogP) is 2.20. The van der Waals surface area contributed by atoms with Gasteiger partial charge in [0.15, 0.2) is 0 Å². The fourth-order valence-corrected chi connectivity index (χ4v) is 3.49. The van der Waals surface area contributed by atoms with E-state index in [-0.39, 0.29) is 36.4 Å². The molecule has 0 aromatic heterocycles. The molecular weight excluding hydrogens is 334 g/mol. The van der Waals surface area contributed by atoms with E-state index in [1.165, 1.54) is 6.42 Å². The Balaban J connectivity index is 1.66. The number of amides is 3. The number of nitrogens with zero attached hydrogens (tertiary/aromatic N) is 1. The van der Waals surface area contributed by atoms with Crippen LogP contribution in [0, 0.1) is 5.92 Å². The Morgan fingerprint density at radius 1 is 1.00 bits per heavy atom. The maximum atomic E-state index is 12.3. The van der Waals surface area contributed by atoms with Crippen molar-refractivity contribution in [2.45, 2.75) is 77.4 Å². The summed E-state index contributed by atoms with van der Waals surface area (Å²) in [6, 6.07) is 0.255. The second kappa shape index (κ2) is 9.24. The molecule has 1 saturated carbocycles. The highest BCUT2D eigenvalue weighted by Gasteiger charge is 2.30. The lowest BCUT2D eigenvalue weighted by atomic mass is 9.95. The Bertz CT molecular complexity index is 501. The molecule has 2 fully saturated rings. The zero-order chi connectivity index (χ0) is 19.2. The van der Waals surface area contributed by atoms with Gasteiger partial charge in [0.05, 0.1) is 6.54 Å². The lowest BCUT2D eigenvalue weighted by molar-refractivity contribution is -0.129. The maximum absolute atomic E-state index is 12.3. The van der Waals surface area contributed by atoms with Gasteiger partial charge in [-0.05, 0) is 46.5 Å². The third-order valence-electron chi connectivity index (χ3n) is 4.91. The summed E-state index contributed by atoms with van der Waals surface area (Å²) in [5.41, 5.74) is -0.517. The molecule has 3 amide bonds. The van der Waals surface area contributed by atoms with Crippen molar-refractivity contribution in [3.05, 3.63) is 0 Å². The number of carbonyl (C=O) groups excluding carboxylic acids is 3. The highest BCUT2D eigenvalue weighted by atomic mass is 16.6. The average Bonchev–Trinajstić information content (AvgIpc) is 2.59. The number of rotatable bonds is 4. The standard InChI is InChI=1S/C19H33N3O4/c1-19(2,3)26-18(25)22-11-9-14(10-12-22)17(24)20-13-16(23)21-15-7-5-4-6-8-15/h14-15H,4-13H2,1-3H3,(H,20,24)(H,21,23). The number of carbonyl (C=O) groups is 3. The van der Waals surface area contributed by atoms with Crippen molar-refractivity contribution in [1.82, 2.24) is 15.5 Å². The molecule has 1 aliphatic heterocycles. The van der Waals surface area contributed by atoms with Gasteiger partial charge in [-0.1, -0.05) is 19.3 Å². The van der Waals surface area contributed by atoms with Gasteiger partial charge in [0, 0.05) is 25.0 Å². The molecule has 2 rings (SSSR count). The first-order chi connectivity index (χ1) is 12.2. The number of nitrogens with one attached hydrogen (secondary N) is 2. The zero-order valence-corrected chi connectivity index (χ0v) is 16.3. The Morgan fingerprint density at radius 2 is 1.62 bits per heavy atom. The van der Waals surface area contributed by atoms with E-state index in [1.54, 1.807) is 4.90 Å². The van der Waals surface area contributed by atoms with Gasteiger partial charge in [0.2, 0.25) is 11.8 Å². The SMILES string of the molecule is CC(C)(C)OC(=O)N1CCC(C(=O)NCC(=O)NC2CCCCC2)CC1. The number of piperidine rings is 1. The molecule has 148 valence electrons. The monoisotopic (exact) mass is 367 g/mol. The number of hydrogen-bond donors (Lipinski definition) is 2. The molecular formula is C19H33N3O4. The van der Waals surface area contributed by atoms with Crippen LogP contribution in [0.3, 0.4) is 0 Å². The zero-order valence-electron chi connectivity index (χ0n) is 16.3. The van der Waals surface area contributed by atoms with Crippen molar-refractivity contribution in [2.75, 3.05) is 19.6 Å². The molecule has 7 heteroatoms. The summed E-state index contributed by atoms with van der Waals surface area (Å²) in [5.74, 6) is -0.375. The van der Waals surface area contributed by atoms with E-state index >= 15 is 0 Å². The lowest BCUT2D eigenvalue weighted by Crippen LogP contribution is -2.47. The van der Waals surface area contributed by atoms with Crippen LogP contribution in [0.1, 0.15) is 65.7 Å². The van der Waals surface area contributed by atoms with E-state index in [4.69, 9.17) is 4.74 Å². The molecule has 1 saturated heterocycles. The van der Waals surface area contributed by atoms with Crippen LogP contribution in [0.4, 0.5) is 4.79 Å². The molecule has 26 heavy (non-hydrogen) atoms. The van der Waals surface area contributed by atoms with Crippen molar-refractivity contribution in [3.8, 4) is 0 Å². The van der Waals surface area contributed by atoms with Crippen molar-refractivity contribution in [1.29, 1.82) is 0 Å². The lowest BCUT2D eigenvalue weighted by Gasteiger charge is -2.32. The first-order valence-corrected chi connectivity index (χ1v) is 9.79. The molecule has 0 aromatic rings. The van der Waals surface area contributed by atoms with E-state index in [9.17, 15) is 14.4 Å². The Morgan fingerprint density at radius 3 is 2.19 bits per heavy atom. The molecule has 0 radical (unpaired) electrons. The Labute approximate surface area is 156 Å². The van der Waals surface area contributed by atoms with Crippen molar-refractivity contribution < 1.29 is 19.1 Å².